The van der Waals surface area contributed by atoms with Crippen LogP contribution in [-0.2, 0) is 0 Å². The quantitative estimate of drug-likeness (QED) is 0.512. The molecule has 0 spiro atoms. The van der Waals surface area contributed by atoms with Crippen molar-refractivity contribution in [3.8, 4) is 5.69 Å². The fraction of sp³-hybridized carbons (Fsp3) is 0.231. The molecule has 1 fully saturated rings. The summed E-state index contributed by atoms with van der Waals surface area (Å²) in [6.07, 6.45) is 2.07. The molecule has 156 valence electrons. The maximum Gasteiger partial charge on any atom is 0.254 e. The second-order valence-electron chi connectivity index (χ2n) is 8.13. The van der Waals surface area contributed by atoms with Crippen molar-refractivity contribution < 1.29 is 4.79 Å². The smallest absolute Gasteiger partial charge is 0.254 e. The second kappa shape index (κ2) is 8.26. The number of nitrogens with zero attached hydrogens (tertiary/aromatic N) is 3. The molecule has 1 saturated heterocycles. The van der Waals surface area contributed by atoms with Crippen molar-refractivity contribution in [1.82, 2.24) is 14.5 Å². The summed E-state index contributed by atoms with van der Waals surface area (Å²) in [5, 5.41) is 3.57. The van der Waals surface area contributed by atoms with Crippen LogP contribution in [0.2, 0.25) is 0 Å². The minimum absolute atomic E-state index is 0.0772. The molecule has 0 aliphatic carbocycles. The maximum atomic E-state index is 13.3. The van der Waals surface area contributed by atoms with Gasteiger partial charge in [0.2, 0.25) is 0 Å². The standard InChI is InChI=1S/C26H26N4O/c1-19-27-24-17-20(14-15-25(24)30(19)23-12-6-3-7-13-23)26(31)29-16-8-11-22(18-29)28-21-9-4-2-5-10-21/h2-7,9-10,12-15,17,22,28H,8,11,16,18H2,1H3/t22-/m1/s1. The molecule has 5 heteroatoms. The van der Waals surface area contributed by atoms with E-state index in [0.717, 1.165) is 47.6 Å². The number of carbonyl (C=O) groups excluding carboxylic acids is 1. The van der Waals surface area contributed by atoms with E-state index in [1.165, 1.54) is 0 Å². The fourth-order valence-electron chi connectivity index (χ4n) is 4.47. The summed E-state index contributed by atoms with van der Waals surface area (Å²) in [7, 11) is 0. The number of nitrogens with one attached hydrogen (secondary N) is 1. The number of amides is 1. The van der Waals surface area contributed by atoms with Crippen LogP contribution in [0.4, 0.5) is 5.69 Å². The predicted molar refractivity (Wildman–Crippen MR) is 125 cm³/mol. The topological polar surface area (TPSA) is 50.2 Å². The molecule has 1 aliphatic rings. The van der Waals surface area contributed by atoms with E-state index < -0.39 is 0 Å². The van der Waals surface area contributed by atoms with E-state index in [2.05, 4.69) is 34.1 Å². The number of piperidine rings is 1. The van der Waals surface area contributed by atoms with E-state index >= 15 is 0 Å². The van der Waals surface area contributed by atoms with Gasteiger partial charge >= 0.3 is 0 Å². The van der Waals surface area contributed by atoms with E-state index in [1.54, 1.807) is 0 Å². The van der Waals surface area contributed by atoms with Crippen LogP contribution >= 0.6 is 0 Å². The molecule has 0 radical (unpaired) electrons. The molecule has 1 atom stereocenters. The summed E-state index contributed by atoms with van der Waals surface area (Å²) in [6.45, 7) is 3.50. The van der Waals surface area contributed by atoms with Gasteiger partial charge in [0.15, 0.2) is 0 Å². The molecular formula is C26H26N4O. The van der Waals surface area contributed by atoms with Crippen LogP contribution in [-0.4, -0.2) is 39.5 Å². The number of para-hydroxylation sites is 2. The van der Waals surface area contributed by atoms with Crippen LogP contribution in [0.3, 0.4) is 0 Å². The Morgan fingerprint density at radius 3 is 2.52 bits per heavy atom. The Morgan fingerprint density at radius 2 is 1.74 bits per heavy atom. The highest BCUT2D eigenvalue weighted by Gasteiger charge is 2.25. The van der Waals surface area contributed by atoms with Gasteiger partial charge in [0.1, 0.15) is 5.82 Å². The first kappa shape index (κ1) is 19.4. The molecule has 4 aromatic rings. The average Bonchev–Trinajstić information content (AvgIpc) is 3.15. The first-order valence-electron chi connectivity index (χ1n) is 10.8. The number of carbonyl (C=O) groups is 1. The molecular weight excluding hydrogens is 384 g/mol. The Labute approximate surface area is 182 Å². The summed E-state index contributed by atoms with van der Waals surface area (Å²) in [5.41, 5.74) is 4.74. The van der Waals surface area contributed by atoms with Gasteiger partial charge in [0.25, 0.3) is 5.91 Å². The molecule has 3 aromatic carbocycles. The summed E-state index contributed by atoms with van der Waals surface area (Å²) < 4.78 is 2.13. The lowest BCUT2D eigenvalue weighted by atomic mass is 10.0. The molecule has 1 N–H and O–H groups in total. The Morgan fingerprint density at radius 1 is 1.00 bits per heavy atom. The van der Waals surface area contributed by atoms with E-state index in [4.69, 9.17) is 4.98 Å². The van der Waals surface area contributed by atoms with Gasteiger partial charge in [-0.05, 0) is 62.2 Å². The molecule has 1 amide bonds. The highest BCUT2D eigenvalue weighted by molar-refractivity contribution is 5.97. The van der Waals surface area contributed by atoms with Crippen LogP contribution in [0.25, 0.3) is 16.7 Å². The van der Waals surface area contributed by atoms with Gasteiger partial charge in [0.05, 0.1) is 11.0 Å². The fourth-order valence-corrected chi connectivity index (χ4v) is 4.47. The van der Waals surface area contributed by atoms with Crippen molar-refractivity contribution in [3.05, 3.63) is 90.3 Å². The zero-order valence-electron chi connectivity index (χ0n) is 17.7. The van der Waals surface area contributed by atoms with Gasteiger partial charge < -0.3 is 10.2 Å². The number of fused-ring (bicyclic) bond motifs is 1. The second-order valence-corrected chi connectivity index (χ2v) is 8.13. The first-order chi connectivity index (χ1) is 15.2. The van der Waals surface area contributed by atoms with Crippen molar-refractivity contribution in [1.29, 1.82) is 0 Å². The number of anilines is 1. The third-order valence-corrected chi connectivity index (χ3v) is 5.94. The monoisotopic (exact) mass is 410 g/mol. The van der Waals surface area contributed by atoms with Crippen LogP contribution in [0.1, 0.15) is 29.0 Å². The molecule has 0 unspecified atom stereocenters. The van der Waals surface area contributed by atoms with Crippen molar-refractivity contribution in [2.45, 2.75) is 25.8 Å². The normalized spacial score (nSPS) is 16.4. The van der Waals surface area contributed by atoms with Gasteiger partial charge in [-0.15, -0.1) is 0 Å². The number of aryl methyl sites for hydroxylation is 1. The number of benzene rings is 3. The Balaban J connectivity index is 1.37. The summed E-state index contributed by atoms with van der Waals surface area (Å²) >= 11 is 0. The van der Waals surface area contributed by atoms with E-state index in [9.17, 15) is 4.79 Å². The molecule has 5 nitrogen and oxygen atoms in total. The van der Waals surface area contributed by atoms with Gasteiger partial charge in [-0.1, -0.05) is 36.4 Å². The third kappa shape index (κ3) is 3.91. The summed E-state index contributed by atoms with van der Waals surface area (Å²) in [4.78, 5) is 20.0. The number of hydrogen-bond donors (Lipinski definition) is 1. The average molecular weight is 411 g/mol. The molecule has 0 bridgehead atoms. The van der Waals surface area contributed by atoms with Crippen LogP contribution in [0.15, 0.2) is 78.9 Å². The Kier molecular flexibility index (Phi) is 5.16. The maximum absolute atomic E-state index is 13.3. The Bertz CT molecular complexity index is 1200. The Hall–Kier alpha value is -3.60. The van der Waals surface area contributed by atoms with Crippen molar-refractivity contribution in [2.75, 3.05) is 18.4 Å². The van der Waals surface area contributed by atoms with Crippen molar-refractivity contribution in [2.24, 2.45) is 0 Å². The summed E-state index contributed by atoms with van der Waals surface area (Å²) in [6, 6.07) is 26.5. The van der Waals surface area contributed by atoms with Crippen molar-refractivity contribution >= 4 is 22.6 Å². The number of hydrogen-bond acceptors (Lipinski definition) is 3. The number of likely N-dealkylation sites (tertiary alicyclic amines) is 1. The van der Waals surface area contributed by atoms with Gasteiger partial charge in [-0.3, -0.25) is 9.36 Å². The first-order valence-corrected chi connectivity index (χ1v) is 10.8. The number of rotatable bonds is 4. The molecule has 1 aliphatic heterocycles. The molecule has 5 rings (SSSR count). The van der Waals surface area contributed by atoms with E-state index in [0.29, 0.717) is 12.1 Å². The minimum atomic E-state index is 0.0772. The lowest BCUT2D eigenvalue weighted by Gasteiger charge is -2.33. The third-order valence-electron chi connectivity index (χ3n) is 5.94. The predicted octanol–water partition coefficient (Wildman–Crippen LogP) is 5.05. The largest absolute Gasteiger partial charge is 0.381 e. The minimum Gasteiger partial charge on any atom is -0.381 e. The van der Waals surface area contributed by atoms with Gasteiger partial charge in [-0.2, -0.15) is 0 Å². The van der Waals surface area contributed by atoms with Crippen LogP contribution < -0.4 is 5.32 Å². The molecule has 2 heterocycles. The number of aromatic nitrogens is 2. The number of imidazole rings is 1. The zero-order valence-corrected chi connectivity index (χ0v) is 17.7. The van der Waals surface area contributed by atoms with Crippen LogP contribution in [0.5, 0.6) is 0 Å². The highest BCUT2D eigenvalue weighted by atomic mass is 16.2. The SMILES string of the molecule is Cc1nc2cc(C(=O)N3CCC[C@@H](Nc4ccccc4)C3)ccc2n1-c1ccccc1. The van der Waals surface area contributed by atoms with Gasteiger partial charge in [-0.25, -0.2) is 4.98 Å². The van der Waals surface area contributed by atoms with Gasteiger partial charge in [0, 0.05) is 36.1 Å². The van der Waals surface area contributed by atoms with E-state index in [1.807, 2.05) is 66.4 Å². The highest BCUT2D eigenvalue weighted by Crippen LogP contribution is 2.24. The summed E-state index contributed by atoms with van der Waals surface area (Å²) in [5.74, 6) is 0.990. The lowest BCUT2D eigenvalue weighted by Crippen LogP contribution is -2.45. The van der Waals surface area contributed by atoms with Crippen LogP contribution in [0, 0.1) is 6.92 Å². The molecule has 0 saturated carbocycles. The zero-order chi connectivity index (χ0) is 21.2. The lowest BCUT2D eigenvalue weighted by molar-refractivity contribution is 0.0715. The van der Waals surface area contributed by atoms with E-state index in [-0.39, 0.29) is 11.9 Å². The molecule has 1 aromatic heterocycles. The van der Waals surface area contributed by atoms with Crippen molar-refractivity contribution in [3.63, 3.8) is 0 Å². The molecule has 31 heavy (non-hydrogen) atoms.